The van der Waals surface area contributed by atoms with E-state index in [4.69, 9.17) is 9.47 Å². The SMILES string of the molecule is CCOC(=O)C1=CN(CC=O)C(C(=O)OCC)=C(Br)C1. The van der Waals surface area contributed by atoms with Crippen LogP contribution in [0, 0.1) is 0 Å². The van der Waals surface area contributed by atoms with Crippen LogP contribution in [0.15, 0.2) is 22.0 Å². The highest BCUT2D eigenvalue weighted by molar-refractivity contribution is 9.11. The molecule has 6 nitrogen and oxygen atoms in total. The molecule has 20 heavy (non-hydrogen) atoms. The summed E-state index contributed by atoms with van der Waals surface area (Å²) in [5, 5.41) is 0. The third-order valence-corrected chi connectivity index (χ3v) is 3.14. The minimum absolute atomic E-state index is 0.0495. The number of allylic oxidation sites excluding steroid dienone is 1. The molecule has 0 aromatic rings. The van der Waals surface area contributed by atoms with E-state index in [-0.39, 0.29) is 31.9 Å². The lowest BCUT2D eigenvalue weighted by molar-refractivity contribution is -0.141. The summed E-state index contributed by atoms with van der Waals surface area (Å²) >= 11 is 3.27. The monoisotopic (exact) mass is 345 g/mol. The molecule has 1 aliphatic rings. The Kier molecular flexibility index (Phi) is 6.44. The van der Waals surface area contributed by atoms with Crippen LogP contribution in [0.3, 0.4) is 0 Å². The first-order chi connectivity index (χ1) is 9.54. The van der Waals surface area contributed by atoms with E-state index in [1.54, 1.807) is 13.8 Å². The predicted molar refractivity (Wildman–Crippen MR) is 74.7 cm³/mol. The molecule has 0 saturated heterocycles. The number of esters is 2. The van der Waals surface area contributed by atoms with Gasteiger partial charge in [0.05, 0.1) is 25.3 Å². The van der Waals surface area contributed by atoms with Crippen molar-refractivity contribution >= 4 is 34.2 Å². The van der Waals surface area contributed by atoms with Gasteiger partial charge in [0.2, 0.25) is 0 Å². The maximum Gasteiger partial charge on any atom is 0.355 e. The topological polar surface area (TPSA) is 72.9 Å². The first-order valence-corrected chi connectivity index (χ1v) is 6.98. The lowest BCUT2D eigenvalue weighted by Gasteiger charge is -2.26. The van der Waals surface area contributed by atoms with Gasteiger partial charge in [0.25, 0.3) is 0 Å². The summed E-state index contributed by atoms with van der Waals surface area (Å²) in [6, 6.07) is 0. The first kappa shape index (κ1) is 16.4. The highest BCUT2D eigenvalue weighted by Gasteiger charge is 2.28. The molecule has 0 atom stereocenters. The van der Waals surface area contributed by atoms with E-state index in [1.807, 2.05) is 0 Å². The predicted octanol–water partition coefficient (Wildman–Crippen LogP) is 1.51. The van der Waals surface area contributed by atoms with Crippen molar-refractivity contribution in [1.82, 2.24) is 4.90 Å². The van der Waals surface area contributed by atoms with Gasteiger partial charge in [-0.15, -0.1) is 0 Å². The average Bonchev–Trinajstić information content (AvgIpc) is 2.39. The van der Waals surface area contributed by atoms with Gasteiger partial charge in [-0.05, 0) is 13.8 Å². The van der Waals surface area contributed by atoms with Crippen molar-refractivity contribution < 1.29 is 23.9 Å². The lowest BCUT2D eigenvalue weighted by atomic mass is 10.1. The second-order valence-corrected chi connectivity index (χ2v) is 4.80. The molecule has 0 radical (unpaired) electrons. The fourth-order valence-corrected chi connectivity index (χ4v) is 2.40. The van der Waals surface area contributed by atoms with Gasteiger partial charge in [0.15, 0.2) is 0 Å². The van der Waals surface area contributed by atoms with Gasteiger partial charge in [0.1, 0.15) is 12.0 Å². The van der Waals surface area contributed by atoms with E-state index in [9.17, 15) is 14.4 Å². The van der Waals surface area contributed by atoms with Crippen LogP contribution in [-0.4, -0.2) is 42.9 Å². The number of rotatable bonds is 6. The molecule has 0 aliphatic carbocycles. The molecule has 0 bridgehead atoms. The summed E-state index contributed by atoms with van der Waals surface area (Å²) in [5.74, 6) is -1.01. The van der Waals surface area contributed by atoms with Crippen molar-refractivity contribution in [2.75, 3.05) is 19.8 Å². The van der Waals surface area contributed by atoms with Crippen LogP contribution in [0.25, 0.3) is 0 Å². The van der Waals surface area contributed by atoms with Gasteiger partial charge in [-0.3, -0.25) is 0 Å². The zero-order chi connectivity index (χ0) is 15.1. The fourth-order valence-electron chi connectivity index (χ4n) is 1.71. The van der Waals surface area contributed by atoms with Crippen molar-refractivity contribution in [3.8, 4) is 0 Å². The molecule has 0 amide bonds. The fraction of sp³-hybridized carbons (Fsp3) is 0.462. The molecule has 0 aromatic heterocycles. The van der Waals surface area contributed by atoms with Crippen LogP contribution in [0.2, 0.25) is 0 Å². The minimum atomic E-state index is -0.541. The molecule has 0 aromatic carbocycles. The van der Waals surface area contributed by atoms with Gasteiger partial charge in [-0.2, -0.15) is 0 Å². The van der Waals surface area contributed by atoms with Gasteiger partial charge in [-0.25, -0.2) is 9.59 Å². The first-order valence-electron chi connectivity index (χ1n) is 6.18. The third kappa shape index (κ3) is 3.93. The Balaban J connectivity index is 3.03. The Bertz CT molecular complexity index is 469. The molecule has 0 unspecified atom stereocenters. The second kappa shape index (κ2) is 7.84. The zero-order valence-corrected chi connectivity index (χ0v) is 12.9. The number of hydrogen-bond acceptors (Lipinski definition) is 6. The number of carbonyl (C=O) groups is 3. The number of carbonyl (C=O) groups excluding carboxylic acids is 3. The molecule has 0 N–H and O–H groups in total. The number of aldehydes is 1. The van der Waals surface area contributed by atoms with E-state index < -0.39 is 11.9 Å². The zero-order valence-electron chi connectivity index (χ0n) is 11.3. The van der Waals surface area contributed by atoms with E-state index in [0.717, 1.165) is 0 Å². The Morgan fingerprint density at radius 3 is 2.45 bits per heavy atom. The number of nitrogens with zero attached hydrogens (tertiary/aromatic N) is 1. The van der Waals surface area contributed by atoms with Crippen molar-refractivity contribution in [1.29, 1.82) is 0 Å². The molecule has 1 rings (SSSR count). The van der Waals surface area contributed by atoms with Gasteiger partial charge in [-0.1, -0.05) is 15.9 Å². The molecule has 1 aliphatic heterocycles. The minimum Gasteiger partial charge on any atom is -0.463 e. The summed E-state index contributed by atoms with van der Waals surface area (Å²) in [6.07, 6.45) is 2.32. The average molecular weight is 346 g/mol. The molecule has 0 fully saturated rings. The molecule has 7 heteroatoms. The summed E-state index contributed by atoms with van der Waals surface area (Å²) in [7, 11) is 0. The standard InChI is InChI=1S/C13H16BrNO5/c1-3-19-12(17)9-7-10(14)11(13(18)20-4-2)15(8-9)5-6-16/h6,8H,3-5,7H2,1-2H3. The van der Waals surface area contributed by atoms with Crippen molar-refractivity contribution in [2.45, 2.75) is 20.3 Å². The Morgan fingerprint density at radius 2 is 1.90 bits per heavy atom. The Hall–Kier alpha value is -1.63. The highest BCUT2D eigenvalue weighted by Crippen LogP contribution is 2.30. The van der Waals surface area contributed by atoms with Gasteiger partial charge in [0, 0.05) is 17.1 Å². The lowest BCUT2D eigenvalue weighted by Crippen LogP contribution is -2.31. The third-order valence-electron chi connectivity index (χ3n) is 2.48. The van der Waals surface area contributed by atoms with Crippen LogP contribution in [-0.2, 0) is 23.9 Å². The molecular weight excluding hydrogens is 330 g/mol. The Morgan fingerprint density at radius 1 is 1.30 bits per heavy atom. The smallest absolute Gasteiger partial charge is 0.355 e. The summed E-state index contributed by atoms with van der Waals surface area (Å²) in [4.78, 5) is 35.7. The van der Waals surface area contributed by atoms with Crippen LogP contribution >= 0.6 is 15.9 Å². The van der Waals surface area contributed by atoms with Crippen LogP contribution in [0.4, 0.5) is 0 Å². The normalized spacial score (nSPS) is 14.8. The second-order valence-electron chi connectivity index (χ2n) is 3.84. The van der Waals surface area contributed by atoms with Gasteiger partial charge >= 0.3 is 11.9 Å². The van der Waals surface area contributed by atoms with Crippen molar-refractivity contribution in [3.05, 3.63) is 22.0 Å². The number of halogens is 1. The van der Waals surface area contributed by atoms with E-state index >= 15 is 0 Å². The molecule has 0 saturated carbocycles. The van der Waals surface area contributed by atoms with Crippen LogP contribution < -0.4 is 0 Å². The van der Waals surface area contributed by atoms with Crippen molar-refractivity contribution in [2.24, 2.45) is 0 Å². The maximum absolute atomic E-state index is 11.9. The summed E-state index contributed by atoms with van der Waals surface area (Å²) < 4.78 is 10.3. The summed E-state index contributed by atoms with van der Waals surface area (Å²) in [6.45, 7) is 3.84. The highest BCUT2D eigenvalue weighted by atomic mass is 79.9. The number of ether oxygens (including phenoxy) is 2. The molecular formula is C13H16BrNO5. The molecule has 1 heterocycles. The number of hydrogen-bond donors (Lipinski definition) is 0. The largest absolute Gasteiger partial charge is 0.463 e. The van der Waals surface area contributed by atoms with Crippen molar-refractivity contribution in [3.63, 3.8) is 0 Å². The maximum atomic E-state index is 11.9. The van der Waals surface area contributed by atoms with Gasteiger partial charge < -0.3 is 19.2 Å². The van der Waals surface area contributed by atoms with Crippen LogP contribution in [0.5, 0.6) is 0 Å². The quantitative estimate of drug-likeness (QED) is 0.536. The molecule has 0 spiro atoms. The van der Waals surface area contributed by atoms with Crippen LogP contribution in [0.1, 0.15) is 20.3 Å². The van der Waals surface area contributed by atoms with E-state index in [2.05, 4.69) is 15.9 Å². The Labute approximate surface area is 125 Å². The van der Waals surface area contributed by atoms with E-state index in [1.165, 1.54) is 11.1 Å². The summed E-state index contributed by atoms with van der Waals surface area (Å²) in [5.41, 5.74) is 0.598. The molecule has 110 valence electrons. The van der Waals surface area contributed by atoms with E-state index in [0.29, 0.717) is 16.3 Å².